The molecule has 0 bridgehead atoms. The van der Waals surface area contributed by atoms with Gasteiger partial charge in [-0.1, -0.05) is 29.8 Å². The van der Waals surface area contributed by atoms with Crippen LogP contribution in [-0.4, -0.2) is 29.7 Å². The zero-order chi connectivity index (χ0) is 25.2. The molecule has 2 saturated carbocycles. The highest BCUT2D eigenvalue weighted by Crippen LogP contribution is 2.40. The quantitative estimate of drug-likeness (QED) is 0.309. The van der Waals surface area contributed by atoms with E-state index in [1.165, 1.54) is 23.3 Å². The third-order valence-electron chi connectivity index (χ3n) is 8.00. The van der Waals surface area contributed by atoms with E-state index in [0.29, 0.717) is 31.2 Å². The van der Waals surface area contributed by atoms with Gasteiger partial charge in [-0.25, -0.2) is 0 Å². The van der Waals surface area contributed by atoms with Crippen LogP contribution >= 0.6 is 11.3 Å². The molecule has 36 heavy (non-hydrogen) atoms. The minimum atomic E-state index is -0.184. The number of rotatable bonds is 12. The topological polar surface area (TPSA) is 89.3 Å². The number of hydrogen-bond donors (Lipinski definition) is 1. The first-order chi connectivity index (χ1) is 17.4. The molecule has 7 heteroatoms. The van der Waals surface area contributed by atoms with Crippen molar-refractivity contribution >= 4 is 23.0 Å². The van der Waals surface area contributed by atoms with Gasteiger partial charge in [0.05, 0.1) is 5.56 Å². The Morgan fingerprint density at radius 3 is 2.53 bits per heavy atom. The minimum absolute atomic E-state index is 0.0276. The predicted molar refractivity (Wildman–Crippen MR) is 141 cm³/mol. The summed E-state index contributed by atoms with van der Waals surface area (Å²) >= 11 is 1.66. The summed E-state index contributed by atoms with van der Waals surface area (Å²) in [5.74, 6) is 1.30. The maximum Gasteiger partial charge on any atom is 0.252 e. The zero-order valence-electron chi connectivity index (χ0n) is 21.1. The van der Waals surface area contributed by atoms with Crippen molar-refractivity contribution in [2.75, 3.05) is 13.1 Å². The van der Waals surface area contributed by atoms with Crippen LogP contribution in [0.15, 0.2) is 24.3 Å². The van der Waals surface area contributed by atoms with Gasteiger partial charge in [-0.05, 0) is 87.7 Å². The minimum Gasteiger partial charge on any atom is -0.352 e. The monoisotopic (exact) mass is 508 g/mol. The number of thiophene rings is 1. The van der Waals surface area contributed by atoms with Gasteiger partial charge in [0.15, 0.2) is 0 Å². The van der Waals surface area contributed by atoms with Gasteiger partial charge in [0.1, 0.15) is 5.78 Å². The molecule has 3 aliphatic carbocycles. The Morgan fingerprint density at radius 1 is 1.11 bits per heavy atom. The molecule has 1 N–H and O–H groups in total. The van der Waals surface area contributed by atoms with E-state index in [4.69, 9.17) is 0 Å². The number of amides is 1. The van der Waals surface area contributed by atoms with E-state index in [1.807, 2.05) is 6.92 Å². The van der Waals surface area contributed by atoms with Gasteiger partial charge < -0.3 is 5.32 Å². The largest absolute Gasteiger partial charge is 0.352 e. The Kier molecular flexibility index (Phi) is 7.56. The Bertz CT molecular complexity index is 1130. The third-order valence-corrected chi connectivity index (χ3v) is 9.29. The molecule has 5 rings (SSSR count). The van der Waals surface area contributed by atoms with Crippen LogP contribution in [0.5, 0.6) is 0 Å². The number of fused-ring (bicyclic) bond motifs is 1. The summed E-state index contributed by atoms with van der Waals surface area (Å²) in [5, 5.41) is 14.6. The van der Waals surface area contributed by atoms with Crippen LogP contribution in [0.1, 0.15) is 75.3 Å². The molecule has 192 valence electrons. The number of nitrogens with one attached hydrogen (secondary N) is 1. The fourth-order valence-electron chi connectivity index (χ4n) is 5.62. The number of carbonyl (C=O) groups excluding carboxylic acids is 2. The van der Waals surface area contributed by atoms with Gasteiger partial charge in [-0.3, -0.25) is 19.7 Å². The molecule has 0 aliphatic heterocycles. The molecule has 2 fully saturated rings. The molecule has 0 spiro atoms. The molecular weight excluding hydrogens is 472 g/mol. The summed E-state index contributed by atoms with van der Waals surface area (Å²) in [6.45, 7) is 2.73. The first-order valence-electron chi connectivity index (χ1n) is 13.5. The SMILES string of the molecule is Cc1ccc(CC(CC2CCc3sc(CC(=O)C4CC4)c(C(=O)NCC4CC4)c3C2)C[N+](=O)[O-])cc1. The Labute approximate surface area is 217 Å². The molecule has 2 unspecified atom stereocenters. The first kappa shape index (κ1) is 25.1. The summed E-state index contributed by atoms with van der Waals surface area (Å²) in [6.07, 6.45) is 8.81. The van der Waals surface area contributed by atoms with E-state index in [0.717, 1.165) is 60.1 Å². The van der Waals surface area contributed by atoms with Crippen LogP contribution in [0.2, 0.25) is 0 Å². The Balaban J connectivity index is 1.33. The maximum absolute atomic E-state index is 13.3. The molecule has 1 amide bonds. The Hall–Kier alpha value is -2.54. The highest BCUT2D eigenvalue weighted by molar-refractivity contribution is 7.12. The van der Waals surface area contributed by atoms with Crippen LogP contribution in [0.3, 0.4) is 0 Å². The van der Waals surface area contributed by atoms with Crippen molar-refractivity contribution in [1.29, 1.82) is 0 Å². The molecule has 1 aromatic heterocycles. The van der Waals surface area contributed by atoms with Crippen LogP contribution in [0, 0.1) is 40.7 Å². The number of ketones is 1. The molecule has 6 nitrogen and oxygen atoms in total. The van der Waals surface area contributed by atoms with E-state index >= 15 is 0 Å². The van der Waals surface area contributed by atoms with Crippen LogP contribution in [0.25, 0.3) is 0 Å². The van der Waals surface area contributed by atoms with Crippen molar-refractivity contribution in [3.63, 3.8) is 0 Å². The van der Waals surface area contributed by atoms with E-state index in [9.17, 15) is 19.7 Å². The number of nitrogens with zero attached hydrogens (tertiary/aromatic N) is 1. The molecule has 3 aliphatic rings. The summed E-state index contributed by atoms with van der Waals surface area (Å²) in [4.78, 5) is 39.4. The molecule has 1 aromatic carbocycles. The number of aryl methyl sites for hydroxylation is 2. The van der Waals surface area contributed by atoms with E-state index < -0.39 is 0 Å². The maximum atomic E-state index is 13.3. The lowest BCUT2D eigenvalue weighted by Crippen LogP contribution is -2.29. The molecule has 0 saturated heterocycles. The van der Waals surface area contributed by atoms with Crippen molar-refractivity contribution < 1.29 is 14.5 Å². The summed E-state index contributed by atoms with van der Waals surface area (Å²) in [5.41, 5.74) is 4.18. The first-order valence-corrected chi connectivity index (χ1v) is 14.3. The highest BCUT2D eigenvalue weighted by Gasteiger charge is 2.35. The van der Waals surface area contributed by atoms with E-state index in [2.05, 4.69) is 29.6 Å². The zero-order valence-corrected chi connectivity index (χ0v) is 21.9. The average Bonchev–Trinajstić information content (AvgIpc) is 3.75. The second kappa shape index (κ2) is 10.8. The molecule has 2 atom stereocenters. The van der Waals surface area contributed by atoms with Gasteiger partial charge in [0, 0.05) is 39.5 Å². The second-order valence-corrected chi connectivity index (χ2v) is 12.5. The number of hydrogen-bond acceptors (Lipinski definition) is 5. The smallest absolute Gasteiger partial charge is 0.252 e. The Morgan fingerprint density at radius 2 is 1.86 bits per heavy atom. The highest BCUT2D eigenvalue weighted by atomic mass is 32.1. The predicted octanol–water partition coefficient (Wildman–Crippen LogP) is 5.35. The van der Waals surface area contributed by atoms with Gasteiger partial charge >= 0.3 is 0 Å². The number of benzene rings is 1. The van der Waals surface area contributed by atoms with Crippen LogP contribution < -0.4 is 5.32 Å². The fraction of sp³-hybridized carbons (Fsp3) is 0.586. The second-order valence-electron chi connectivity index (χ2n) is 11.3. The van der Waals surface area contributed by atoms with Gasteiger partial charge in [-0.15, -0.1) is 11.3 Å². The molecule has 2 aromatic rings. The summed E-state index contributed by atoms with van der Waals surface area (Å²) < 4.78 is 0. The molecule has 1 heterocycles. The fourth-order valence-corrected chi connectivity index (χ4v) is 6.98. The molecule has 0 radical (unpaired) electrons. The van der Waals surface area contributed by atoms with Crippen molar-refractivity contribution in [1.82, 2.24) is 5.32 Å². The van der Waals surface area contributed by atoms with Crippen molar-refractivity contribution in [3.8, 4) is 0 Å². The number of Topliss-reactive ketones (excluding diaryl/α,β-unsaturated/α-hetero) is 1. The standard InChI is InChI=1S/C29H36N2O4S/c1-18-2-4-19(5-3-18)12-22(17-31(34)35)13-21-8-11-26-24(14-21)28(29(33)30-16-20-6-7-20)27(36-26)15-25(32)23-9-10-23/h2-5,20-23H,6-17H2,1H3,(H,30,33). The lowest BCUT2D eigenvalue weighted by Gasteiger charge is -2.26. The van der Waals surface area contributed by atoms with E-state index in [-0.39, 0.29) is 35.0 Å². The van der Waals surface area contributed by atoms with Crippen LogP contribution in [-0.2, 0) is 30.5 Å². The van der Waals surface area contributed by atoms with Crippen LogP contribution in [0.4, 0.5) is 0 Å². The normalized spacial score (nSPS) is 20.0. The number of nitro groups is 1. The van der Waals surface area contributed by atoms with Crippen molar-refractivity contribution in [2.45, 2.75) is 71.1 Å². The van der Waals surface area contributed by atoms with Crippen molar-refractivity contribution in [3.05, 3.63) is 66.4 Å². The average molecular weight is 509 g/mol. The van der Waals surface area contributed by atoms with Gasteiger partial charge in [0.2, 0.25) is 6.54 Å². The summed E-state index contributed by atoms with van der Waals surface area (Å²) in [6, 6.07) is 8.28. The number of carbonyl (C=O) groups is 2. The lowest BCUT2D eigenvalue weighted by atomic mass is 9.79. The summed E-state index contributed by atoms with van der Waals surface area (Å²) in [7, 11) is 0. The van der Waals surface area contributed by atoms with Gasteiger partial charge in [-0.2, -0.15) is 0 Å². The third kappa shape index (κ3) is 6.41. The van der Waals surface area contributed by atoms with Crippen molar-refractivity contribution in [2.24, 2.45) is 23.7 Å². The van der Waals surface area contributed by atoms with Gasteiger partial charge in [0.25, 0.3) is 5.91 Å². The lowest BCUT2D eigenvalue weighted by molar-refractivity contribution is -0.488. The van der Waals surface area contributed by atoms with E-state index in [1.54, 1.807) is 11.3 Å². The molecular formula is C29H36N2O4S.